The minimum absolute atomic E-state index is 0.0972. The molecule has 0 aliphatic rings. The molecule has 3 rings (SSSR count). The Morgan fingerprint density at radius 2 is 2.00 bits per heavy atom. The number of nitrogens with zero attached hydrogens (tertiary/aromatic N) is 5. The summed E-state index contributed by atoms with van der Waals surface area (Å²) in [5.41, 5.74) is -2.03. The number of fused-ring (bicyclic) bond motifs is 1. The number of aromatic nitrogens is 4. The average Bonchev–Trinajstić information content (AvgIpc) is 3.11. The summed E-state index contributed by atoms with van der Waals surface area (Å²) in [6.07, 6.45) is 0.658. The molecule has 2 aromatic heterocycles. The molecule has 1 amide bonds. The Bertz CT molecular complexity index is 1210. The monoisotopic (exact) mass is 430 g/mol. The van der Waals surface area contributed by atoms with Crippen molar-refractivity contribution in [2.45, 2.75) is 52.3 Å². The van der Waals surface area contributed by atoms with Gasteiger partial charge in [-0.15, -0.1) is 0 Å². The molecule has 0 bridgehead atoms. The molecule has 0 aliphatic heterocycles. The lowest BCUT2D eigenvalue weighted by molar-refractivity contribution is -0.384. The fourth-order valence-corrected chi connectivity index (χ4v) is 2.71. The van der Waals surface area contributed by atoms with E-state index in [1.807, 2.05) is 0 Å². The quantitative estimate of drug-likeness (QED) is 0.474. The molecule has 0 saturated heterocycles. The molecule has 0 spiro atoms. The van der Waals surface area contributed by atoms with Crippen LogP contribution in [0.3, 0.4) is 0 Å². The SMILES string of the molecule is CC(C)(C)OC(=O)NC(C)(C)c1noc(Cn2cnc3ccc([N+](=O)[O-])cc3c2=O)n1. The van der Waals surface area contributed by atoms with E-state index in [0.29, 0.717) is 5.52 Å². The van der Waals surface area contributed by atoms with Crippen molar-refractivity contribution in [2.75, 3.05) is 0 Å². The van der Waals surface area contributed by atoms with E-state index in [1.54, 1.807) is 34.6 Å². The highest BCUT2D eigenvalue weighted by Crippen LogP contribution is 2.19. The number of nitrogens with one attached hydrogen (secondary N) is 1. The first-order valence-corrected chi connectivity index (χ1v) is 9.33. The van der Waals surface area contributed by atoms with Crippen LogP contribution in [-0.2, 0) is 16.8 Å². The number of non-ortho nitro benzene ring substituents is 1. The van der Waals surface area contributed by atoms with Gasteiger partial charge in [-0.3, -0.25) is 19.5 Å². The Kier molecular flexibility index (Phi) is 5.49. The number of nitro groups is 1. The van der Waals surface area contributed by atoms with Crippen molar-refractivity contribution in [3.63, 3.8) is 0 Å². The van der Waals surface area contributed by atoms with E-state index in [9.17, 15) is 19.7 Å². The van der Waals surface area contributed by atoms with Gasteiger partial charge < -0.3 is 14.6 Å². The lowest BCUT2D eigenvalue weighted by atomic mass is 10.1. The second-order valence-corrected chi connectivity index (χ2v) is 8.40. The van der Waals surface area contributed by atoms with E-state index in [1.165, 1.54) is 29.1 Å². The van der Waals surface area contributed by atoms with Crippen molar-refractivity contribution >= 4 is 22.7 Å². The molecule has 0 radical (unpaired) electrons. The van der Waals surface area contributed by atoms with Gasteiger partial charge in [0.15, 0.2) is 5.82 Å². The Morgan fingerprint density at radius 3 is 2.65 bits per heavy atom. The van der Waals surface area contributed by atoms with Crippen LogP contribution in [0.4, 0.5) is 10.5 Å². The molecule has 31 heavy (non-hydrogen) atoms. The average molecular weight is 430 g/mol. The maximum Gasteiger partial charge on any atom is 0.408 e. The predicted octanol–water partition coefficient (Wildman–Crippen LogP) is 2.50. The maximum atomic E-state index is 12.7. The van der Waals surface area contributed by atoms with Gasteiger partial charge in [0.05, 0.1) is 22.2 Å². The Morgan fingerprint density at radius 1 is 1.29 bits per heavy atom. The highest BCUT2D eigenvalue weighted by molar-refractivity contribution is 5.79. The van der Waals surface area contributed by atoms with Gasteiger partial charge in [0.1, 0.15) is 17.7 Å². The molecule has 0 aliphatic carbocycles. The van der Waals surface area contributed by atoms with Crippen LogP contribution in [0, 0.1) is 10.1 Å². The molecular weight excluding hydrogens is 408 g/mol. The van der Waals surface area contributed by atoms with Crippen molar-refractivity contribution in [3.8, 4) is 0 Å². The third-order valence-electron chi connectivity index (χ3n) is 4.16. The van der Waals surface area contributed by atoms with Gasteiger partial charge in [-0.05, 0) is 40.7 Å². The van der Waals surface area contributed by atoms with Crippen molar-refractivity contribution in [1.82, 2.24) is 25.0 Å². The highest BCUT2D eigenvalue weighted by atomic mass is 16.6. The van der Waals surface area contributed by atoms with E-state index < -0.39 is 27.7 Å². The van der Waals surface area contributed by atoms with Crippen LogP contribution in [0.1, 0.15) is 46.3 Å². The van der Waals surface area contributed by atoms with E-state index in [0.717, 1.165) is 0 Å². The maximum absolute atomic E-state index is 12.7. The molecule has 12 nitrogen and oxygen atoms in total. The van der Waals surface area contributed by atoms with Gasteiger partial charge in [-0.2, -0.15) is 4.98 Å². The molecule has 0 fully saturated rings. The van der Waals surface area contributed by atoms with Crippen molar-refractivity contribution < 1.29 is 19.0 Å². The molecule has 12 heteroatoms. The minimum Gasteiger partial charge on any atom is -0.444 e. The first kappa shape index (κ1) is 21.9. The summed E-state index contributed by atoms with van der Waals surface area (Å²) >= 11 is 0. The van der Waals surface area contributed by atoms with Gasteiger partial charge >= 0.3 is 6.09 Å². The van der Waals surface area contributed by atoms with Gasteiger partial charge in [-0.25, -0.2) is 9.78 Å². The normalized spacial score (nSPS) is 12.0. The number of ether oxygens (including phenoxy) is 1. The van der Waals surface area contributed by atoms with Crippen LogP contribution in [0.15, 0.2) is 33.8 Å². The van der Waals surface area contributed by atoms with Crippen molar-refractivity contribution in [2.24, 2.45) is 0 Å². The number of amides is 1. The van der Waals surface area contributed by atoms with E-state index in [4.69, 9.17) is 9.26 Å². The van der Waals surface area contributed by atoms with Crippen LogP contribution >= 0.6 is 0 Å². The first-order chi connectivity index (χ1) is 14.4. The summed E-state index contributed by atoms with van der Waals surface area (Å²) in [6, 6.07) is 3.87. The van der Waals surface area contributed by atoms with Crippen LogP contribution in [0.25, 0.3) is 10.9 Å². The molecule has 1 N–H and O–H groups in total. The van der Waals surface area contributed by atoms with E-state index in [2.05, 4.69) is 20.4 Å². The molecule has 0 saturated carbocycles. The molecule has 1 aromatic carbocycles. The lowest BCUT2D eigenvalue weighted by Gasteiger charge is -2.26. The highest BCUT2D eigenvalue weighted by Gasteiger charge is 2.31. The molecular formula is C19H22N6O6. The molecule has 3 aromatic rings. The minimum atomic E-state index is -1.00. The summed E-state index contributed by atoms with van der Waals surface area (Å²) < 4.78 is 11.7. The number of nitro benzene ring substituents is 1. The summed E-state index contributed by atoms with van der Waals surface area (Å²) in [5, 5.41) is 17.6. The van der Waals surface area contributed by atoms with E-state index >= 15 is 0 Å². The third kappa shape index (κ3) is 5.02. The number of benzene rings is 1. The lowest BCUT2D eigenvalue weighted by Crippen LogP contribution is -2.44. The number of carbonyl (C=O) groups is 1. The zero-order valence-electron chi connectivity index (χ0n) is 17.7. The number of hydrogen-bond acceptors (Lipinski definition) is 9. The topological polar surface area (TPSA) is 155 Å². The van der Waals surface area contributed by atoms with E-state index in [-0.39, 0.29) is 29.3 Å². The third-order valence-corrected chi connectivity index (χ3v) is 4.16. The second-order valence-electron chi connectivity index (χ2n) is 8.40. The molecule has 164 valence electrons. The van der Waals surface area contributed by atoms with Crippen LogP contribution in [0.5, 0.6) is 0 Å². The number of hydrogen-bond donors (Lipinski definition) is 1. The smallest absolute Gasteiger partial charge is 0.408 e. The zero-order chi connectivity index (χ0) is 23.0. The van der Waals surface area contributed by atoms with Gasteiger partial charge in [0.2, 0.25) is 5.89 Å². The summed E-state index contributed by atoms with van der Waals surface area (Å²) in [6.45, 7) is 8.49. The Balaban J connectivity index is 1.83. The second kappa shape index (κ2) is 7.78. The molecule has 2 heterocycles. The predicted molar refractivity (Wildman–Crippen MR) is 108 cm³/mol. The molecule has 0 atom stereocenters. The van der Waals surface area contributed by atoms with Crippen molar-refractivity contribution in [3.05, 3.63) is 56.7 Å². The van der Waals surface area contributed by atoms with Crippen LogP contribution in [-0.4, -0.2) is 36.3 Å². The largest absolute Gasteiger partial charge is 0.444 e. The first-order valence-electron chi connectivity index (χ1n) is 9.33. The Labute approximate surface area is 176 Å². The van der Waals surface area contributed by atoms with Gasteiger partial charge in [-0.1, -0.05) is 5.16 Å². The summed E-state index contributed by atoms with van der Waals surface area (Å²) in [7, 11) is 0. The summed E-state index contributed by atoms with van der Waals surface area (Å²) in [5.74, 6) is 0.286. The fraction of sp³-hybridized carbons (Fsp3) is 0.421. The standard InChI is InChI=1S/C19H22N6O6/c1-18(2,3)30-17(27)22-19(4,5)16-21-14(31-23-16)9-24-10-20-13-7-6-11(25(28)29)8-12(13)15(24)26/h6-8,10H,9H2,1-5H3,(H,22,27). The van der Waals surface area contributed by atoms with Gasteiger partial charge in [0, 0.05) is 12.1 Å². The van der Waals surface area contributed by atoms with Crippen molar-refractivity contribution in [1.29, 1.82) is 0 Å². The Hall–Kier alpha value is -3.83. The number of alkyl carbamates (subject to hydrolysis) is 1. The summed E-state index contributed by atoms with van der Waals surface area (Å²) in [4.78, 5) is 43.6. The van der Waals surface area contributed by atoms with Crippen LogP contribution in [0.2, 0.25) is 0 Å². The number of rotatable bonds is 5. The zero-order valence-corrected chi connectivity index (χ0v) is 17.7. The molecule has 0 unspecified atom stereocenters. The fourth-order valence-electron chi connectivity index (χ4n) is 2.71. The number of carbonyl (C=O) groups excluding carboxylic acids is 1. The van der Waals surface area contributed by atoms with Gasteiger partial charge in [0.25, 0.3) is 11.2 Å². The van der Waals surface area contributed by atoms with Crippen LogP contribution < -0.4 is 10.9 Å².